The van der Waals surface area contributed by atoms with Crippen LogP contribution >= 0.6 is 0 Å². The highest BCUT2D eigenvalue weighted by Gasteiger charge is 2.45. The van der Waals surface area contributed by atoms with E-state index in [1.807, 2.05) is 0 Å². The molecule has 0 spiro atoms. The molecule has 11 rings (SSSR count). The third kappa shape index (κ3) is 6.90. The fraction of sp³-hybridized carbons (Fsp3) is 0.281. The zero-order valence-corrected chi connectivity index (χ0v) is 41.8. The van der Waals surface area contributed by atoms with Gasteiger partial charge >= 0.3 is 0 Å². The SMILES string of the molecule is Cc1cc2c3c(c1)N(c1ccc(C(C)(C)C)cc1-c1ccccc1)c1ccc(C(C)(C)C)cc1B3c1ccc(C(C)(C)C)cc1N2c1ccc(C2=CCCC3=C2c2ccccc2C3(C)C)cc1. The Morgan fingerprint density at radius 2 is 1.09 bits per heavy atom. The summed E-state index contributed by atoms with van der Waals surface area (Å²) in [7, 11) is 0. The number of rotatable bonds is 4. The lowest BCUT2D eigenvalue weighted by Gasteiger charge is -2.45. The molecule has 0 amide bonds. The van der Waals surface area contributed by atoms with E-state index in [2.05, 4.69) is 245 Å². The van der Waals surface area contributed by atoms with Crippen LogP contribution in [-0.2, 0) is 21.7 Å². The lowest BCUT2D eigenvalue weighted by atomic mass is 9.33. The maximum absolute atomic E-state index is 2.61. The van der Waals surface area contributed by atoms with Gasteiger partial charge in [-0.25, -0.2) is 0 Å². The molecule has 7 aromatic carbocycles. The van der Waals surface area contributed by atoms with Crippen molar-refractivity contribution in [2.24, 2.45) is 0 Å². The Hall–Kier alpha value is -6.32. The molecular formula is C64H65BN2. The number of hydrogen-bond acceptors (Lipinski definition) is 2. The number of allylic oxidation sites excluding steroid dienone is 4. The largest absolute Gasteiger partial charge is 0.311 e. The van der Waals surface area contributed by atoms with Crippen molar-refractivity contribution in [3.8, 4) is 11.1 Å². The van der Waals surface area contributed by atoms with Crippen LogP contribution < -0.4 is 26.2 Å². The summed E-state index contributed by atoms with van der Waals surface area (Å²) in [5.74, 6) is 0. The van der Waals surface area contributed by atoms with Crippen LogP contribution in [0, 0.1) is 6.92 Å². The summed E-state index contributed by atoms with van der Waals surface area (Å²) in [4.78, 5) is 5.21. The second-order valence-corrected chi connectivity index (χ2v) is 23.4. The minimum atomic E-state index is -0.0272. The van der Waals surface area contributed by atoms with Crippen LogP contribution in [0.25, 0.3) is 22.3 Å². The Labute approximate surface area is 401 Å². The molecule has 0 saturated carbocycles. The van der Waals surface area contributed by atoms with Gasteiger partial charge in [0, 0.05) is 39.4 Å². The summed E-state index contributed by atoms with van der Waals surface area (Å²) in [6.07, 6.45) is 4.68. The van der Waals surface area contributed by atoms with E-state index in [0.29, 0.717) is 0 Å². The minimum absolute atomic E-state index is 0.00627. The molecule has 0 saturated heterocycles. The van der Waals surface area contributed by atoms with E-state index < -0.39 is 0 Å². The van der Waals surface area contributed by atoms with Crippen molar-refractivity contribution < 1.29 is 0 Å². The van der Waals surface area contributed by atoms with Gasteiger partial charge in [-0.3, -0.25) is 0 Å². The van der Waals surface area contributed by atoms with Crippen LogP contribution in [0.1, 0.15) is 128 Å². The summed E-state index contributed by atoms with van der Waals surface area (Å²) < 4.78 is 0. The smallest absolute Gasteiger partial charge is 0.252 e. The van der Waals surface area contributed by atoms with Crippen LogP contribution in [0.3, 0.4) is 0 Å². The number of fused-ring (bicyclic) bond motifs is 6. The number of hydrogen-bond donors (Lipinski definition) is 0. The molecule has 334 valence electrons. The quantitative estimate of drug-likeness (QED) is 0.163. The molecular weight excluding hydrogens is 808 g/mol. The van der Waals surface area contributed by atoms with Crippen LogP contribution in [0.4, 0.5) is 34.1 Å². The monoisotopic (exact) mass is 873 g/mol. The molecule has 67 heavy (non-hydrogen) atoms. The Morgan fingerprint density at radius 3 is 1.78 bits per heavy atom. The summed E-state index contributed by atoms with van der Waals surface area (Å²) in [6, 6.07) is 56.5. The minimum Gasteiger partial charge on any atom is -0.311 e. The average molecular weight is 873 g/mol. The maximum atomic E-state index is 2.61. The molecule has 0 bridgehead atoms. The first-order chi connectivity index (χ1) is 31.8. The van der Waals surface area contributed by atoms with Crippen molar-refractivity contribution >= 4 is 68.4 Å². The first kappa shape index (κ1) is 43.3. The van der Waals surface area contributed by atoms with Crippen LogP contribution in [0.2, 0.25) is 0 Å². The van der Waals surface area contributed by atoms with Gasteiger partial charge < -0.3 is 9.80 Å². The third-order valence-corrected chi connectivity index (χ3v) is 15.5. The summed E-state index contributed by atoms with van der Waals surface area (Å²) in [5.41, 5.74) is 27.7. The van der Waals surface area contributed by atoms with Gasteiger partial charge in [-0.15, -0.1) is 0 Å². The molecule has 0 radical (unpaired) electrons. The first-order valence-electron chi connectivity index (χ1n) is 24.7. The van der Waals surface area contributed by atoms with Gasteiger partial charge in [0.1, 0.15) is 0 Å². The van der Waals surface area contributed by atoms with Gasteiger partial charge in [0.05, 0.1) is 5.69 Å². The summed E-state index contributed by atoms with van der Waals surface area (Å²) in [5, 5.41) is 0. The van der Waals surface area contributed by atoms with E-state index in [1.165, 1.54) is 112 Å². The zero-order valence-electron chi connectivity index (χ0n) is 41.8. The van der Waals surface area contributed by atoms with Crippen LogP contribution in [0.5, 0.6) is 0 Å². The third-order valence-electron chi connectivity index (χ3n) is 15.5. The molecule has 2 nitrogen and oxygen atoms in total. The van der Waals surface area contributed by atoms with Crippen LogP contribution in [-0.4, -0.2) is 6.71 Å². The van der Waals surface area contributed by atoms with Gasteiger partial charge in [-0.05, 0) is 157 Å². The van der Waals surface area contributed by atoms with Crippen molar-refractivity contribution in [3.63, 3.8) is 0 Å². The van der Waals surface area contributed by atoms with E-state index >= 15 is 0 Å². The maximum Gasteiger partial charge on any atom is 0.252 e. The Balaban J connectivity index is 1.15. The van der Waals surface area contributed by atoms with E-state index in [9.17, 15) is 0 Å². The van der Waals surface area contributed by atoms with Gasteiger partial charge in [-0.1, -0.05) is 185 Å². The molecule has 2 aliphatic heterocycles. The van der Waals surface area contributed by atoms with Crippen molar-refractivity contribution in [2.75, 3.05) is 9.80 Å². The summed E-state index contributed by atoms with van der Waals surface area (Å²) >= 11 is 0. The zero-order chi connectivity index (χ0) is 46.9. The van der Waals surface area contributed by atoms with E-state index in [0.717, 1.165) is 12.8 Å². The van der Waals surface area contributed by atoms with E-state index in [1.54, 1.807) is 5.57 Å². The molecule has 0 N–H and O–H groups in total. The lowest BCUT2D eigenvalue weighted by Crippen LogP contribution is -2.61. The number of anilines is 6. The molecule has 0 unspecified atom stereocenters. The average Bonchev–Trinajstić information content (AvgIpc) is 3.53. The Kier molecular flexibility index (Phi) is 9.75. The van der Waals surface area contributed by atoms with Gasteiger partial charge in [0.25, 0.3) is 6.71 Å². The molecule has 0 fully saturated rings. The second-order valence-electron chi connectivity index (χ2n) is 23.4. The second kappa shape index (κ2) is 15.1. The standard InChI is InChI=1S/C64H65BN2/c1-40-35-57-60-58(36-40)67(54-33-28-43(61(2,3)4)37-49(54)41-19-14-13-15-20-41)55-34-29-44(62(5,6)7)38-53(55)65(60)52-32-27-45(63(8,9)10)39-56(52)66(57)46-30-25-42(26-31-46)47-22-18-24-51-59(47)48-21-16-17-23-50(48)64(51,11)12/h13-17,19-23,25-39H,18,24H2,1-12H3. The highest BCUT2D eigenvalue weighted by molar-refractivity contribution is 7.00. The highest BCUT2D eigenvalue weighted by atomic mass is 15.2. The molecule has 7 aromatic rings. The fourth-order valence-corrected chi connectivity index (χ4v) is 11.8. The number of nitrogens with zero attached hydrogens (tertiary/aromatic N) is 2. The van der Waals surface area contributed by atoms with Gasteiger partial charge in [0.2, 0.25) is 0 Å². The topological polar surface area (TPSA) is 6.48 Å². The van der Waals surface area contributed by atoms with Crippen molar-refractivity contribution in [2.45, 2.75) is 118 Å². The molecule has 0 atom stereocenters. The van der Waals surface area contributed by atoms with E-state index in [4.69, 9.17) is 0 Å². The normalized spacial score (nSPS) is 16.0. The Bertz CT molecular complexity index is 3210. The predicted octanol–water partition coefficient (Wildman–Crippen LogP) is 15.6. The predicted molar refractivity (Wildman–Crippen MR) is 290 cm³/mol. The van der Waals surface area contributed by atoms with Gasteiger partial charge in [-0.2, -0.15) is 0 Å². The fourth-order valence-electron chi connectivity index (χ4n) is 11.8. The number of benzene rings is 7. The van der Waals surface area contributed by atoms with Crippen molar-refractivity contribution in [3.05, 3.63) is 196 Å². The first-order valence-corrected chi connectivity index (χ1v) is 24.7. The molecule has 4 aliphatic rings. The van der Waals surface area contributed by atoms with E-state index in [-0.39, 0.29) is 28.4 Å². The lowest BCUT2D eigenvalue weighted by molar-refractivity contribution is 0.590. The highest BCUT2D eigenvalue weighted by Crippen LogP contribution is 2.55. The van der Waals surface area contributed by atoms with Crippen molar-refractivity contribution in [1.82, 2.24) is 0 Å². The Morgan fingerprint density at radius 1 is 0.493 bits per heavy atom. The van der Waals surface area contributed by atoms with Crippen molar-refractivity contribution in [1.29, 1.82) is 0 Å². The number of aryl methyl sites for hydroxylation is 1. The molecule has 2 aliphatic carbocycles. The molecule has 3 heteroatoms. The van der Waals surface area contributed by atoms with Gasteiger partial charge in [0.15, 0.2) is 0 Å². The molecule has 2 heterocycles. The van der Waals surface area contributed by atoms with Crippen LogP contribution in [0.15, 0.2) is 157 Å². The summed E-state index contributed by atoms with van der Waals surface area (Å²) in [6.45, 7) is 28.2. The molecule has 0 aromatic heterocycles.